The van der Waals surface area contributed by atoms with Gasteiger partial charge in [-0.15, -0.1) is 11.8 Å². The molecular formula is C18H22N2O3S. The van der Waals surface area contributed by atoms with E-state index in [1.165, 1.54) is 9.58 Å². The van der Waals surface area contributed by atoms with Crippen molar-refractivity contribution in [2.24, 2.45) is 7.05 Å². The summed E-state index contributed by atoms with van der Waals surface area (Å²) in [5, 5.41) is 14.3. The van der Waals surface area contributed by atoms with E-state index >= 15 is 0 Å². The number of carbonyl (C=O) groups excluding carboxylic acids is 1. The molecule has 2 aromatic rings. The van der Waals surface area contributed by atoms with Crippen LogP contribution in [0.1, 0.15) is 50.8 Å². The number of aromatic nitrogens is 2. The van der Waals surface area contributed by atoms with Gasteiger partial charge in [-0.1, -0.05) is 0 Å². The first kappa shape index (κ1) is 17.0. The Balaban J connectivity index is 2.19. The molecule has 1 unspecified atom stereocenters. The van der Waals surface area contributed by atoms with Crippen molar-refractivity contribution in [3.63, 3.8) is 0 Å². The average Bonchev–Trinajstić information content (AvgIpc) is 2.82. The summed E-state index contributed by atoms with van der Waals surface area (Å²) in [5.74, 6) is 0.735. The van der Waals surface area contributed by atoms with Crippen molar-refractivity contribution in [3.05, 3.63) is 39.6 Å². The maximum atomic E-state index is 13.1. The molecule has 0 aliphatic carbocycles. The van der Waals surface area contributed by atoms with E-state index in [1.54, 1.807) is 21.1 Å². The number of rotatable bonds is 3. The van der Waals surface area contributed by atoms with Crippen LogP contribution in [0.5, 0.6) is 5.88 Å². The summed E-state index contributed by atoms with van der Waals surface area (Å²) in [6.07, 6.45) is 0.944. The molecule has 0 radical (unpaired) electrons. The predicted octanol–water partition coefficient (Wildman–Crippen LogP) is 3.47. The molecule has 1 N–H and O–H groups in total. The van der Waals surface area contributed by atoms with Crippen LogP contribution in [0, 0.1) is 20.8 Å². The number of ether oxygens (including phenoxy) is 1. The van der Waals surface area contributed by atoms with Crippen LogP contribution >= 0.6 is 11.8 Å². The minimum absolute atomic E-state index is 0.0105. The monoisotopic (exact) mass is 346 g/mol. The summed E-state index contributed by atoms with van der Waals surface area (Å²) in [6.45, 7) is 5.73. The van der Waals surface area contributed by atoms with Gasteiger partial charge in [-0.2, -0.15) is 5.10 Å². The zero-order valence-electron chi connectivity index (χ0n) is 14.6. The van der Waals surface area contributed by atoms with Crippen LogP contribution in [0.25, 0.3) is 0 Å². The fraction of sp³-hybridized carbons (Fsp3) is 0.444. The number of thioether (sulfide) groups is 1. The fourth-order valence-electron chi connectivity index (χ4n) is 3.43. The molecule has 2 heterocycles. The Morgan fingerprint density at radius 2 is 2.12 bits per heavy atom. The summed E-state index contributed by atoms with van der Waals surface area (Å²) < 4.78 is 6.99. The molecule has 1 atom stereocenters. The maximum Gasteiger partial charge on any atom is 0.220 e. The molecular weight excluding hydrogens is 324 g/mol. The van der Waals surface area contributed by atoms with Gasteiger partial charge in [-0.25, -0.2) is 4.68 Å². The first-order valence-corrected chi connectivity index (χ1v) is 8.92. The van der Waals surface area contributed by atoms with Gasteiger partial charge in [-0.3, -0.25) is 4.79 Å². The zero-order chi connectivity index (χ0) is 17.6. The van der Waals surface area contributed by atoms with Crippen LogP contribution in [-0.2, 0) is 11.8 Å². The summed E-state index contributed by atoms with van der Waals surface area (Å²) in [5.41, 5.74) is 4.54. The third kappa shape index (κ3) is 2.54. The normalized spacial score (nSPS) is 17.0. The highest BCUT2D eigenvalue weighted by molar-refractivity contribution is 7.99. The van der Waals surface area contributed by atoms with Crippen molar-refractivity contribution < 1.29 is 14.6 Å². The molecule has 3 rings (SSSR count). The van der Waals surface area contributed by atoms with Crippen LogP contribution in [0.15, 0.2) is 11.0 Å². The molecule has 0 fully saturated rings. The van der Waals surface area contributed by atoms with E-state index in [2.05, 4.69) is 5.10 Å². The van der Waals surface area contributed by atoms with Crippen molar-refractivity contribution in [1.29, 1.82) is 0 Å². The van der Waals surface area contributed by atoms with Gasteiger partial charge in [0.05, 0.1) is 11.8 Å². The Morgan fingerprint density at radius 3 is 2.71 bits per heavy atom. The molecule has 1 aromatic heterocycles. The van der Waals surface area contributed by atoms with Gasteiger partial charge in [0.25, 0.3) is 0 Å². The Hall–Kier alpha value is -1.79. The van der Waals surface area contributed by atoms with E-state index in [0.717, 1.165) is 28.9 Å². The quantitative estimate of drug-likeness (QED) is 0.862. The fourth-order valence-corrected chi connectivity index (χ4v) is 4.69. The molecule has 0 saturated heterocycles. The van der Waals surface area contributed by atoms with Gasteiger partial charge < -0.3 is 9.84 Å². The van der Waals surface area contributed by atoms with Crippen molar-refractivity contribution in [2.75, 3.05) is 12.9 Å². The predicted molar refractivity (Wildman–Crippen MR) is 94.0 cm³/mol. The molecule has 24 heavy (non-hydrogen) atoms. The van der Waals surface area contributed by atoms with Crippen LogP contribution in [0.2, 0.25) is 0 Å². The summed E-state index contributed by atoms with van der Waals surface area (Å²) >= 11 is 1.82. The summed E-state index contributed by atoms with van der Waals surface area (Å²) in [6, 6.07) is 1.92. The molecule has 1 aromatic carbocycles. The second-order valence-corrected chi connectivity index (χ2v) is 7.31. The first-order valence-electron chi connectivity index (χ1n) is 7.93. The SMILES string of the molecule is COC1CCSc2c(C)cc(C(=O)c3c(C)nn(C)c3O)c(C)c21. The molecule has 0 bridgehead atoms. The average molecular weight is 346 g/mol. The number of aryl methyl sites for hydroxylation is 3. The molecule has 128 valence electrons. The van der Waals surface area contributed by atoms with Crippen LogP contribution < -0.4 is 0 Å². The Kier molecular flexibility index (Phi) is 4.44. The van der Waals surface area contributed by atoms with E-state index in [4.69, 9.17) is 4.74 Å². The lowest BCUT2D eigenvalue weighted by Crippen LogP contribution is -2.16. The van der Waals surface area contributed by atoms with Crippen molar-refractivity contribution in [1.82, 2.24) is 9.78 Å². The molecule has 5 nitrogen and oxygen atoms in total. The number of aromatic hydroxyl groups is 1. The third-order valence-corrected chi connectivity index (χ3v) is 5.94. The minimum Gasteiger partial charge on any atom is -0.493 e. The molecule has 0 spiro atoms. The number of benzene rings is 1. The number of hydrogen-bond acceptors (Lipinski definition) is 5. The lowest BCUT2D eigenvalue weighted by molar-refractivity contribution is 0.0961. The second kappa shape index (κ2) is 6.26. The number of hydrogen-bond donors (Lipinski definition) is 1. The number of fused-ring (bicyclic) bond motifs is 1. The van der Waals surface area contributed by atoms with E-state index in [-0.39, 0.29) is 23.3 Å². The summed E-state index contributed by atoms with van der Waals surface area (Å²) in [4.78, 5) is 14.3. The highest BCUT2D eigenvalue weighted by atomic mass is 32.2. The Morgan fingerprint density at radius 1 is 1.42 bits per heavy atom. The van der Waals surface area contributed by atoms with Crippen molar-refractivity contribution >= 4 is 17.5 Å². The van der Waals surface area contributed by atoms with Crippen LogP contribution in [0.4, 0.5) is 0 Å². The zero-order valence-corrected chi connectivity index (χ0v) is 15.5. The standard InChI is InChI=1S/C18H22N2O3S/c1-9-8-12(16(21)15-11(3)19-20(4)18(15)22)10(2)14-13(23-5)6-7-24-17(9)14/h8,13,22H,6-7H2,1-5H3. The van der Waals surface area contributed by atoms with E-state index in [0.29, 0.717) is 11.3 Å². The molecule has 6 heteroatoms. The van der Waals surface area contributed by atoms with E-state index in [1.807, 2.05) is 31.7 Å². The van der Waals surface area contributed by atoms with Gasteiger partial charge in [0.2, 0.25) is 11.7 Å². The smallest absolute Gasteiger partial charge is 0.220 e. The van der Waals surface area contributed by atoms with Gasteiger partial charge in [0.15, 0.2) is 0 Å². The van der Waals surface area contributed by atoms with Gasteiger partial charge in [0.1, 0.15) is 5.56 Å². The molecule has 0 amide bonds. The van der Waals surface area contributed by atoms with Gasteiger partial charge in [0, 0.05) is 30.4 Å². The maximum absolute atomic E-state index is 13.1. The first-order chi connectivity index (χ1) is 11.4. The number of nitrogens with zero attached hydrogens (tertiary/aromatic N) is 2. The van der Waals surface area contributed by atoms with Crippen LogP contribution in [0.3, 0.4) is 0 Å². The van der Waals surface area contributed by atoms with Crippen molar-refractivity contribution in [3.8, 4) is 5.88 Å². The molecule has 1 aliphatic heterocycles. The molecule has 0 saturated carbocycles. The van der Waals surface area contributed by atoms with Gasteiger partial charge >= 0.3 is 0 Å². The minimum atomic E-state index is -0.188. The lowest BCUT2D eigenvalue weighted by Gasteiger charge is -2.28. The number of carbonyl (C=O) groups is 1. The highest BCUT2D eigenvalue weighted by Crippen LogP contribution is 2.43. The highest BCUT2D eigenvalue weighted by Gasteiger charge is 2.29. The number of ketones is 1. The number of methoxy groups -OCH3 is 1. The Bertz CT molecular complexity index is 826. The third-order valence-electron chi connectivity index (χ3n) is 4.67. The largest absolute Gasteiger partial charge is 0.493 e. The van der Waals surface area contributed by atoms with Gasteiger partial charge in [-0.05, 0) is 49.9 Å². The van der Waals surface area contributed by atoms with E-state index in [9.17, 15) is 9.90 Å². The summed E-state index contributed by atoms with van der Waals surface area (Å²) in [7, 11) is 3.34. The Labute approximate surface area is 146 Å². The topological polar surface area (TPSA) is 64.3 Å². The second-order valence-electron chi connectivity index (χ2n) is 6.21. The van der Waals surface area contributed by atoms with Crippen LogP contribution in [-0.4, -0.2) is 33.5 Å². The van der Waals surface area contributed by atoms with E-state index < -0.39 is 0 Å². The molecule has 1 aliphatic rings. The lowest BCUT2D eigenvalue weighted by atomic mass is 9.90. The van der Waals surface area contributed by atoms with Crippen molar-refractivity contribution in [2.45, 2.75) is 38.2 Å².